The fourth-order valence-corrected chi connectivity index (χ4v) is 3.45. The summed E-state index contributed by atoms with van der Waals surface area (Å²) in [5.41, 5.74) is 2.40. The third kappa shape index (κ3) is 5.98. The number of guanidine groups is 1. The van der Waals surface area contributed by atoms with Gasteiger partial charge in [0.25, 0.3) is 0 Å². The Morgan fingerprint density at radius 1 is 1.00 bits per heavy atom. The fourth-order valence-electron chi connectivity index (χ4n) is 3.45. The maximum atomic E-state index is 12.7. The third-order valence-corrected chi connectivity index (χ3v) is 5.12. The summed E-state index contributed by atoms with van der Waals surface area (Å²) in [5, 5.41) is 6.61. The number of rotatable bonds is 6. The molecule has 0 spiro atoms. The topological polar surface area (TPSA) is 60.0 Å². The highest BCUT2D eigenvalue weighted by Crippen LogP contribution is 2.15. The molecule has 1 atom stereocenters. The van der Waals surface area contributed by atoms with Gasteiger partial charge in [-0.25, -0.2) is 4.99 Å². The maximum Gasteiger partial charge on any atom is 0.244 e. The minimum atomic E-state index is 0.0716. The molecule has 3 rings (SSSR count). The molecule has 0 radical (unpaired) electrons. The van der Waals surface area contributed by atoms with Crippen LogP contribution in [0.25, 0.3) is 0 Å². The molecule has 0 saturated carbocycles. The van der Waals surface area contributed by atoms with Gasteiger partial charge in [0.1, 0.15) is 6.54 Å². The standard InChI is InChI=1S/C23H31N5O/c1-3-24-23(26-19(2)20-10-6-4-7-11-20)25-18-22(29)28-16-14-27(15-17-28)21-12-8-5-9-13-21/h4-13,19H,3,14-18H2,1-2H3,(H2,24,25,26). The van der Waals surface area contributed by atoms with E-state index in [9.17, 15) is 4.79 Å². The molecule has 0 aromatic heterocycles. The lowest BCUT2D eigenvalue weighted by Crippen LogP contribution is -2.49. The Hall–Kier alpha value is -3.02. The number of nitrogens with one attached hydrogen (secondary N) is 2. The number of anilines is 1. The van der Waals surface area contributed by atoms with Crippen molar-refractivity contribution in [3.05, 3.63) is 66.2 Å². The van der Waals surface area contributed by atoms with Crippen LogP contribution in [-0.4, -0.2) is 56.0 Å². The van der Waals surface area contributed by atoms with Crippen LogP contribution in [0.15, 0.2) is 65.7 Å². The molecular formula is C23H31N5O. The quantitative estimate of drug-likeness (QED) is 0.585. The lowest BCUT2D eigenvalue weighted by atomic mass is 10.1. The number of hydrogen-bond donors (Lipinski definition) is 2. The molecule has 1 aliphatic heterocycles. The zero-order chi connectivity index (χ0) is 20.5. The molecule has 1 amide bonds. The average Bonchev–Trinajstić information content (AvgIpc) is 2.78. The first-order chi connectivity index (χ1) is 14.2. The third-order valence-electron chi connectivity index (χ3n) is 5.12. The van der Waals surface area contributed by atoms with Crippen LogP contribution in [0, 0.1) is 0 Å². The molecule has 29 heavy (non-hydrogen) atoms. The van der Waals surface area contributed by atoms with E-state index < -0.39 is 0 Å². The van der Waals surface area contributed by atoms with Gasteiger partial charge in [-0.1, -0.05) is 48.5 Å². The monoisotopic (exact) mass is 393 g/mol. The van der Waals surface area contributed by atoms with Crippen molar-refractivity contribution in [2.75, 3.05) is 44.2 Å². The van der Waals surface area contributed by atoms with E-state index in [0.29, 0.717) is 5.96 Å². The van der Waals surface area contributed by atoms with E-state index in [1.165, 1.54) is 11.3 Å². The van der Waals surface area contributed by atoms with Crippen molar-refractivity contribution in [1.82, 2.24) is 15.5 Å². The van der Waals surface area contributed by atoms with Gasteiger partial charge in [-0.3, -0.25) is 4.79 Å². The SMILES string of the molecule is CCNC(=NCC(=O)N1CCN(c2ccccc2)CC1)NC(C)c1ccccc1. The Morgan fingerprint density at radius 3 is 2.24 bits per heavy atom. The lowest BCUT2D eigenvalue weighted by molar-refractivity contribution is -0.129. The number of amides is 1. The van der Waals surface area contributed by atoms with Crippen LogP contribution in [0.4, 0.5) is 5.69 Å². The predicted molar refractivity (Wildman–Crippen MR) is 119 cm³/mol. The summed E-state index contributed by atoms with van der Waals surface area (Å²) in [7, 11) is 0. The van der Waals surface area contributed by atoms with Crippen molar-refractivity contribution in [1.29, 1.82) is 0 Å². The van der Waals surface area contributed by atoms with Crippen LogP contribution in [0.1, 0.15) is 25.5 Å². The molecule has 2 aromatic rings. The molecule has 2 N–H and O–H groups in total. The zero-order valence-electron chi connectivity index (χ0n) is 17.3. The maximum absolute atomic E-state index is 12.7. The highest BCUT2D eigenvalue weighted by atomic mass is 16.2. The predicted octanol–water partition coefficient (Wildman–Crippen LogP) is 2.65. The molecule has 6 nitrogen and oxygen atoms in total. The largest absolute Gasteiger partial charge is 0.368 e. The number of carbonyl (C=O) groups is 1. The van der Waals surface area contributed by atoms with Gasteiger partial charge in [-0.15, -0.1) is 0 Å². The van der Waals surface area contributed by atoms with Crippen LogP contribution in [0.5, 0.6) is 0 Å². The Labute approximate surface area is 173 Å². The van der Waals surface area contributed by atoms with Gasteiger partial charge in [0.05, 0.1) is 6.04 Å². The van der Waals surface area contributed by atoms with Crippen LogP contribution in [-0.2, 0) is 4.79 Å². The number of hydrogen-bond acceptors (Lipinski definition) is 3. The molecule has 2 aromatic carbocycles. The van der Waals surface area contributed by atoms with Crippen LogP contribution in [0.3, 0.4) is 0 Å². The molecule has 1 aliphatic rings. The van der Waals surface area contributed by atoms with Gasteiger partial charge in [0, 0.05) is 38.4 Å². The first kappa shape index (κ1) is 20.7. The first-order valence-electron chi connectivity index (χ1n) is 10.3. The number of para-hydroxylation sites is 1. The van der Waals surface area contributed by atoms with E-state index in [0.717, 1.165) is 32.7 Å². The van der Waals surface area contributed by atoms with Crippen molar-refractivity contribution < 1.29 is 4.79 Å². The molecule has 1 heterocycles. The first-order valence-corrected chi connectivity index (χ1v) is 10.3. The van der Waals surface area contributed by atoms with E-state index in [1.54, 1.807) is 0 Å². The average molecular weight is 394 g/mol. The van der Waals surface area contributed by atoms with Gasteiger partial charge < -0.3 is 20.4 Å². The normalized spacial score (nSPS) is 15.7. The van der Waals surface area contributed by atoms with Gasteiger partial charge in [-0.05, 0) is 31.5 Å². The van der Waals surface area contributed by atoms with Gasteiger partial charge >= 0.3 is 0 Å². The highest BCUT2D eigenvalue weighted by molar-refractivity contribution is 5.85. The number of benzene rings is 2. The summed E-state index contributed by atoms with van der Waals surface area (Å²) in [4.78, 5) is 21.4. The second-order valence-electron chi connectivity index (χ2n) is 7.18. The second kappa shape index (κ2) is 10.5. The summed E-state index contributed by atoms with van der Waals surface area (Å²) < 4.78 is 0. The summed E-state index contributed by atoms with van der Waals surface area (Å²) in [6.07, 6.45) is 0. The van der Waals surface area contributed by atoms with E-state index in [4.69, 9.17) is 0 Å². The van der Waals surface area contributed by atoms with Crippen LogP contribution < -0.4 is 15.5 Å². The van der Waals surface area contributed by atoms with Crippen molar-refractivity contribution in [3.63, 3.8) is 0 Å². The Balaban J connectivity index is 1.52. The number of piperazine rings is 1. The van der Waals surface area contributed by atoms with Crippen molar-refractivity contribution in [2.45, 2.75) is 19.9 Å². The molecule has 1 fully saturated rings. The van der Waals surface area contributed by atoms with Crippen LogP contribution in [0.2, 0.25) is 0 Å². The van der Waals surface area contributed by atoms with Crippen LogP contribution >= 0.6 is 0 Å². The van der Waals surface area contributed by atoms with E-state index in [-0.39, 0.29) is 18.5 Å². The minimum absolute atomic E-state index is 0.0716. The molecule has 0 aliphatic carbocycles. The number of carbonyl (C=O) groups excluding carboxylic acids is 1. The Kier molecular flexibility index (Phi) is 7.50. The molecule has 1 unspecified atom stereocenters. The smallest absolute Gasteiger partial charge is 0.244 e. The van der Waals surface area contributed by atoms with Gasteiger partial charge in [0.15, 0.2) is 5.96 Å². The highest BCUT2D eigenvalue weighted by Gasteiger charge is 2.21. The molecule has 0 bridgehead atoms. The van der Waals surface area contributed by atoms with Crippen molar-refractivity contribution in [3.8, 4) is 0 Å². The summed E-state index contributed by atoms with van der Waals surface area (Å²) in [5.74, 6) is 0.738. The van der Waals surface area contributed by atoms with Gasteiger partial charge in [-0.2, -0.15) is 0 Å². The van der Waals surface area contributed by atoms with Crippen molar-refractivity contribution in [2.24, 2.45) is 4.99 Å². The molecule has 154 valence electrons. The number of nitrogens with zero attached hydrogens (tertiary/aromatic N) is 3. The van der Waals surface area contributed by atoms with E-state index in [1.807, 2.05) is 48.2 Å². The summed E-state index contributed by atoms with van der Waals surface area (Å²) >= 11 is 0. The summed E-state index contributed by atoms with van der Waals surface area (Å²) in [6.45, 7) is 8.17. The van der Waals surface area contributed by atoms with E-state index >= 15 is 0 Å². The van der Waals surface area contributed by atoms with Gasteiger partial charge in [0.2, 0.25) is 5.91 Å². The molecular weight excluding hydrogens is 362 g/mol. The Bertz CT molecular complexity index is 785. The molecule has 6 heteroatoms. The summed E-state index contributed by atoms with van der Waals surface area (Å²) in [6, 6.07) is 20.7. The zero-order valence-corrected chi connectivity index (χ0v) is 17.3. The number of aliphatic imine (C=N–C) groups is 1. The van der Waals surface area contributed by atoms with E-state index in [2.05, 4.69) is 51.7 Å². The Morgan fingerprint density at radius 2 is 1.62 bits per heavy atom. The second-order valence-corrected chi connectivity index (χ2v) is 7.18. The fraction of sp³-hybridized carbons (Fsp3) is 0.391. The van der Waals surface area contributed by atoms with Crippen molar-refractivity contribution >= 4 is 17.6 Å². The lowest BCUT2D eigenvalue weighted by Gasteiger charge is -2.36. The minimum Gasteiger partial charge on any atom is -0.368 e. The molecule has 1 saturated heterocycles.